The summed E-state index contributed by atoms with van der Waals surface area (Å²) in [6, 6.07) is 13.1. The van der Waals surface area contributed by atoms with Gasteiger partial charge in [-0.2, -0.15) is 0 Å². The molecule has 0 atom stereocenters. The Morgan fingerprint density at radius 2 is 1.84 bits per heavy atom. The molecule has 128 valence electrons. The van der Waals surface area contributed by atoms with Gasteiger partial charge in [-0.3, -0.25) is 4.79 Å². The Hall–Kier alpha value is -3.41. The highest BCUT2D eigenvalue weighted by molar-refractivity contribution is 6.02. The summed E-state index contributed by atoms with van der Waals surface area (Å²) in [5.74, 6) is -0.628. The number of anilines is 2. The van der Waals surface area contributed by atoms with Crippen LogP contribution >= 0.6 is 0 Å². The second-order valence-electron chi connectivity index (χ2n) is 5.21. The van der Waals surface area contributed by atoms with Gasteiger partial charge in [-0.1, -0.05) is 24.3 Å². The molecule has 0 radical (unpaired) electrons. The van der Waals surface area contributed by atoms with Gasteiger partial charge in [0.05, 0.1) is 11.4 Å². The molecule has 2 aromatic carbocycles. The first kappa shape index (κ1) is 17.9. The van der Waals surface area contributed by atoms with Gasteiger partial charge in [0.25, 0.3) is 0 Å². The van der Waals surface area contributed by atoms with Crippen LogP contribution in [0.1, 0.15) is 5.56 Å². The third-order valence-electron chi connectivity index (χ3n) is 3.30. The van der Waals surface area contributed by atoms with Crippen LogP contribution in [0.15, 0.2) is 72.5 Å². The summed E-state index contributed by atoms with van der Waals surface area (Å²) in [6.07, 6.45) is 5.57. The van der Waals surface area contributed by atoms with Crippen molar-refractivity contribution in [2.24, 2.45) is 0 Å². The average Bonchev–Trinajstić information content (AvgIpc) is 2.61. The molecule has 5 N–H and O–H groups in total. The van der Waals surface area contributed by atoms with Crippen molar-refractivity contribution in [1.29, 1.82) is 5.41 Å². The molecule has 0 spiro atoms. The highest BCUT2D eigenvalue weighted by Crippen LogP contribution is 2.16. The Bertz CT molecular complexity index is 797. The maximum atomic E-state index is 12.8. The van der Waals surface area contributed by atoms with Gasteiger partial charge < -0.3 is 21.8 Å². The molecule has 25 heavy (non-hydrogen) atoms. The number of benzene rings is 2. The molecule has 0 fully saturated rings. The van der Waals surface area contributed by atoms with Crippen molar-refractivity contribution in [3.05, 3.63) is 83.8 Å². The van der Waals surface area contributed by atoms with Crippen LogP contribution in [0.3, 0.4) is 0 Å². The molecule has 0 saturated heterocycles. The number of nitrogens with one attached hydrogen (secondary N) is 3. The summed E-state index contributed by atoms with van der Waals surface area (Å²) in [6.45, 7) is 0.484. The predicted molar refractivity (Wildman–Crippen MR) is 98.7 cm³/mol. The van der Waals surface area contributed by atoms with E-state index in [4.69, 9.17) is 11.1 Å². The summed E-state index contributed by atoms with van der Waals surface area (Å²) in [5.41, 5.74) is 8.19. The van der Waals surface area contributed by atoms with Crippen LogP contribution < -0.4 is 16.4 Å². The molecule has 0 aromatic heterocycles. The van der Waals surface area contributed by atoms with Crippen molar-refractivity contribution >= 4 is 23.5 Å². The zero-order valence-corrected chi connectivity index (χ0v) is 13.5. The fraction of sp³-hybridized carbons (Fsp3) is 0.0526. The molecule has 2 aromatic rings. The predicted octanol–water partition coefficient (Wildman–Crippen LogP) is 3.23. The maximum Gasteiger partial charge on any atom is 0.248 e. The fourth-order valence-electron chi connectivity index (χ4n) is 1.98. The lowest BCUT2D eigenvalue weighted by atomic mass is 10.2. The third-order valence-corrected chi connectivity index (χ3v) is 3.30. The first-order valence-electron chi connectivity index (χ1n) is 7.60. The molecule has 5 nitrogen and oxygen atoms in total. The zero-order valence-electron chi connectivity index (χ0n) is 13.5. The minimum Gasteiger partial charge on any atom is -0.397 e. The van der Waals surface area contributed by atoms with E-state index in [1.807, 2.05) is 0 Å². The highest BCUT2D eigenvalue weighted by Gasteiger charge is 2.01. The third kappa shape index (κ3) is 5.95. The lowest BCUT2D eigenvalue weighted by molar-refractivity contribution is -0.111. The molecule has 0 unspecified atom stereocenters. The van der Waals surface area contributed by atoms with Crippen LogP contribution in [0, 0.1) is 11.2 Å². The van der Waals surface area contributed by atoms with Crippen molar-refractivity contribution < 1.29 is 9.18 Å². The van der Waals surface area contributed by atoms with E-state index in [0.29, 0.717) is 23.5 Å². The van der Waals surface area contributed by atoms with Crippen molar-refractivity contribution in [2.45, 2.75) is 6.54 Å². The van der Waals surface area contributed by atoms with Crippen LogP contribution in [0.2, 0.25) is 0 Å². The van der Waals surface area contributed by atoms with Crippen molar-refractivity contribution in [1.82, 2.24) is 5.32 Å². The van der Waals surface area contributed by atoms with E-state index in [1.165, 1.54) is 24.3 Å². The van der Waals surface area contributed by atoms with Gasteiger partial charge >= 0.3 is 0 Å². The number of halogens is 1. The van der Waals surface area contributed by atoms with E-state index in [9.17, 15) is 9.18 Å². The summed E-state index contributed by atoms with van der Waals surface area (Å²) >= 11 is 0. The lowest BCUT2D eigenvalue weighted by Crippen LogP contribution is -2.10. The lowest BCUT2D eigenvalue weighted by Gasteiger charge is -2.05. The van der Waals surface area contributed by atoms with Crippen LogP contribution in [0.5, 0.6) is 0 Å². The fourth-order valence-corrected chi connectivity index (χ4v) is 1.98. The number of hydrogen-bond acceptors (Lipinski definition) is 4. The number of allylic oxidation sites excluding steroid dienone is 2. The first-order valence-corrected chi connectivity index (χ1v) is 7.60. The molecule has 2 rings (SSSR count). The Labute approximate surface area is 145 Å². The second-order valence-corrected chi connectivity index (χ2v) is 5.21. The van der Waals surface area contributed by atoms with Crippen molar-refractivity contribution in [3.63, 3.8) is 0 Å². The smallest absolute Gasteiger partial charge is 0.248 e. The first-order chi connectivity index (χ1) is 12.1. The molecular weight excluding hydrogens is 319 g/mol. The number of nitrogens with two attached hydrogens (primary N) is 1. The number of hydrogen-bond donors (Lipinski definition) is 4. The van der Waals surface area contributed by atoms with Gasteiger partial charge in [0.15, 0.2) is 0 Å². The molecular formula is C19H19FN4O. The van der Waals surface area contributed by atoms with Gasteiger partial charge in [0, 0.05) is 30.6 Å². The van der Waals surface area contributed by atoms with E-state index < -0.39 is 0 Å². The molecule has 6 heteroatoms. The number of nitrogen functional groups attached to an aromatic ring is 1. The summed E-state index contributed by atoms with van der Waals surface area (Å²) < 4.78 is 12.8. The topological polar surface area (TPSA) is 91.0 Å². The standard InChI is InChI=1S/C19H19FN4O/c20-16-8-5-14(6-9-16)12-23-13-15(11-21)7-10-19(25)24-18-4-2-1-3-17(18)22/h1-11,13,21,23H,12,22H2,(H,24,25)/b10-7+,15-13-,21-11?. The quantitative estimate of drug-likeness (QED) is 0.270. The van der Waals surface area contributed by atoms with Crippen molar-refractivity contribution in [3.8, 4) is 0 Å². The number of amides is 1. The minimum atomic E-state index is -0.343. The summed E-state index contributed by atoms with van der Waals surface area (Å²) in [5, 5.41) is 13.1. The van der Waals surface area contributed by atoms with Gasteiger partial charge in [-0.05, 0) is 35.9 Å². The van der Waals surface area contributed by atoms with Gasteiger partial charge in [-0.15, -0.1) is 0 Å². The normalized spacial score (nSPS) is 11.3. The number of para-hydroxylation sites is 2. The van der Waals surface area contributed by atoms with E-state index >= 15 is 0 Å². The second kappa shape index (κ2) is 9.02. The number of rotatable bonds is 7. The summed E-state index contributed by atoms with van der Waals surface area (Å²) in [4.78, 5) is 11.9. The van der Waals surface area contributed by atoms with E-state index in [-0.39, 0.29) is 11.7 Å². The highest BCUT2D eigenvalue weighted by atomic mass is 19.1. The molecule has 0 saturated carbocycles. The largest absolute Gasteiger partial charge is 0.397 e. The zero-order chi connectivity index (χ0) is 18.1. The SMILES string of the molecule is N=CC(=C\NCc1ccc(F)cc1)/C=C/C(=O)Nc1ccccc1N. The van der Waals surface area contributed by atoms with Gasteiger partial charge in [0.2, 0.25) is 5.91 Å². The van der Waals surface area contributed by atoms with Gasteiger partial charge in [0.1, 0.15) is 5.82 Å². The molecule has 1 amide bonds. The minimum absolute atomic E-state index is 0.285. The average molecular weight is 338 g/mol. The molecule has 0 aliphatic heterocycles. The monoisotopic (exact) mass is 338 g/mol. The van der Waals surface area contributed by atoms with Crippen LogP contribution in [-0.4, -0.2) is 12.1 Å². The van der Waals surface area contributed by atoms with E-state index in [1.54, 1.807) is 42.6 Å². The molecule has 0 bridgehead atoms. The molecule has 0 aliphatic rings. The Kier molecular flexibility index (Phi) is 6.47. The van der Waals surface area contributed by atoms with Crippen LogP contribution in [0.25, 0.3) is 0 Å². The van der Waals surface area contributed by atoms with E-state index in [0.717, 1.165) is 11.8 Å². The molecule has 0 heterocycles. The Balaban J connectivity index is 1.90. The van der Waals surface area contributed by atoms with Crippen LogP contribution in [-0.2, 0) is 11.3 Å². The molecule has 0 aliphatic carbocycles. The number of carbonyl (C=O) groups excluding carboxylic acids is 1. The number of carbonyl (C=O) groups is 1. The van der Waals surface area contributed by atoms with Gasteiger partial charge in [-0.25, -0.2) is 4.39 Å². The Morgan fingerprint density at radius 1 is 1.12 bits per heavy atom. The summed E-state index contributed by atoms with van der Waals surface area (Å²) in [7, 11) is 0. The maximum absolute atomic E-state index is 12.8. The Morgan fingerprint density at radius 3 is 2.52 bits per heavy atom. The van der Waals surface area contributed by atoms with E-state index in [2.05, 4.69) is 10.6 Å². The van der Waals surface area contributed by atoms with Crippen LogP contribution in [0.4, 0.5) is 15.8 Å². The van der Waals surface area contributed by atoms with Crippen molar-refractivity contribution in [2.75, 3.05) is 11.1 Å².